The Morgan fingerprint density at radius 3 is 1.65 bits per heavy atom. The number of carboxylic acid groups (broad SMARTS) is 2. The van der Waals surface area contributed by atoms with Crippen molar-refractivity contribution >= 4 is 18.0 Å². The number of hydrogen-bond acceptors (Lipinski definition) is 4. The maximum Gasteiger partial charge on any atom is 0.328 e. The molecule has 9 heteroatoms. The second-order valence-corrected chi connectivity index (χ2v) is 2.17. The minimum atomic E-state index is -1.26. The van der Waals surface area contributed by atoms with E-state index in [9.17, 15) is 9.59 Å². The van der Waals surface area contributed by atoms with Crippen molar-refractivity contribution in [3.05, 3.63) is 30.9 Å². The number of nitrogens with two attached hydrogens (primary N) is 2. The van der Waals surface area contributed by atoms with E-state index in [1.807, 2.05) is 0 Å². The highest BCUT2D eigenvalue weighted by atomic mass is 16.4. The van der Waals surface area contributed by atoms with E-state index in [-0.39, 0.29) is 0 Å². The monoisotopic (exact) mass is 244 g/mol. The normalized spacial score (nSPS) is 8.24. The lowest BCUT2D eigenvalue weighted by Gasteiger charge is -1.74. The number of amides is 2. The second-order valence-electron chi connectivity index (χ2n) is 2.17. The first-order valence-corrected chi connectivity index (χ1v) is 3.97. The number of primary amides is 2. The van der Waals surface area contributed by atoms with Gasteiger partial charge in [0.15, 0.2) is 0 Å². The van der Waals surface area contributed by atoms with Crippen LogP contribution in [0.25, 0.3) is 0 Å². The molecule has 1 heterocycles. The summed E-state index contributed by atoms with van der Waals surface area (Å²) in [5.74, 6) is -2.51. The molecule has 0 unspecified atom stereocenters. The van der Waals surface area contributed by atoms with E-state index in [0.717, 1.165) is 0 Å². The molecule has 94 valence electrons. The highest BCUT2D eigenvalue weighted by Crippen LogP contribution is 1.70. The predicted molar refractivity (Wildman–Crippen MR) is 56.8 cm³/mol. The van der Waals surface area contributed by atoms with Gasteiger partial charge in [0.25, 0.3) is 0 Å². The number of H-pyrrole nitrogens is 1. The van der Waals surface area contributed by atoms with E-state index in [4.69, 9.17) is 15.0 Å². The largest absolute Gasteiger partial charge is 0.478 e. The van der Waals surface area contributed by atoms with Crippen molar-refractivity contribution in [1.29, 1.82) is 0 Å². The summed E-state index contributed by atoms with van der Waals surface area (Å²) in [5, 5.41) is 15.6. The van der Waals surface area contributed by atoms with Crippen molar-refractivity contribution in [2.75, 3.05) is 0 Å². The van der Waals surface area contributed by atoms with Crippen molar-refractivity contribution in [2.24, 2.45) is 11.5 Å². The Bertz CT molecular complexity index is 323. The van der Waals surface area contributed by atoms with Gasteiger partial charge >= 0.3 is 18.0 Å². The maximum absolute atomic E-state index is 9.55. The van der Waals surface area contributed by atoms with Crippen molar-refractivity contribution in [1.82, 2.24) is 9.97 Å². The molecular weight excluding hydrogens is 232 g/mol. The number of urea groups is 1. The average molecular weight is 244 g/mol. The lowest BCUT2D eigenvalue weighted by Crippen LogP contribution is -2.18. The second kappa shape index (κ2) is 11.2. The molecule has 0 aliphatic heterocycles. The van der Waals surface area contributed by atoms with Gasteiger partial charge in [-0.15, -0.1) is 0 Å². The number of aliphatic carboxylic acids is 2. The number of nitrogens with zero attached hydrogens (tertiary/aromatic N) is 1. The van der Waals surface area contributed by atoms with Crippen LogP contribution in [-0.2, 0) is 9.59 Å². The van der Waals surface area contributed by atoms with Gasteiger partial charge in [-0.1, -0.05) is 0 Å². The van der Waals surface area contributed by atoms with Gasteiger partial charge in [-0.2, -0.15) is 0 Å². The van der Waals surface area contributed by atoms with E-state index in [2.05, 4.69) is 21.4 Å². The van der Waals surface area contributed by atoms with Crippen molar-refractivity contribution in [3.63, 3.8) is 0 Å². The Balaban J connectivity index is 0. The summed E-state index contributed by atoms with van der Waals surface area (Å²) < 4.78 is 0. The average Bonchev–Trinajstić information content (AvgIpc) is 2.71. The van der Waals surface area contributed by atoms with Crippen LogP contribution in [0.3, 0.4) is 0 Å². The first-order valence-electron chi connectivity index (χ1n) is 3.97. The van der Waals surface area contributed by atoms with Gasteiger partial charge in [0.1, 0.15) is 0 Å². The molecule has 9 nitrogen and oxygen atoms in total. The number of aromatic amines is 1. The van der Waals surface area contributed by atoms with E-state index in [1.165, 1.54) is 0 Å². The van der Waals surface area contributed by atoms with Crippen LogP contribution in [-0.4, -0.2) is 38.2 Å². The zero-order chi connectivity index (χ0) is 13.7. The Kier molecular flexibility index (Phi) is 11.0. The van der Waals surface area contributed by atoms with Crippen LogP contribution in [0.15, 0.2) is 30.9 Å². The molecule has 0 spiro atoms. The number of aromatic nitrogens is 2. The number of nitrogens with one attached hydrogen (secondary N) is 1. The number of rotatable bonds is 2. The Morgan fingerprint density at radius 1 is 1.12 bits per heavy atom. The molecule has 0 saturated heterocycles. The molecule has 0 fully saturated rings. The summed E-state index contributed by atoms with van der Waals surface area (Å²) in [4.78, 5) is 34.5. The Labute approximate surface area is 95.8 Å². The van der Waals surface area contributed by atoms with Crippen LogP contribution in [0, 0.1) is 0 Å². The Hall–Kier alpha value is -2.84. The molecule has 0 atom stereocenters. The molecule has 0 radical (unpaired) electrons. The predicted octanol–water partition coefficient (Wildman–Crippen LogP) is -0.855. The molecule has 1 aromatic rings. The van der Waals surface area contributed by atoms with E-state index < -0.39 is 18.0 Å². The molecular formula is C8H12N4O5. The summed E-state index contributed by atoms with van der Waals surface area (Å²) in [5.41, 5.74) is 8.50. The van der Waals surface area contributed by atoms with Crippen molar-refractivity contribution in [3.8, 4) is 0 Å². The van der Waals surface area contributed by atoms with Crippen molar-refractivity contribution in [2.45, 2.75) is 0 Å². The lowest BCUT2D eigenvalue weighted by molar-refractivity contribution is -0.134. The molecule has 0 bridgehead atoms. The highest BCUT2D eigenvalue weighted by Gasteiger charge is 1.88. The molecule has 0 saturated carbocycles. The van der Waals surface area contributed by atoms with Crippen LogP contribution >= 0.6 is 0 Å². The summed E-state index contributed by atoms with van der Waals surface area (Å²) in [7, 11) is 0. The summed E-state index contributed by atoms with van der Waals surface area (Å²) in [6.45, 7) is 0. The molecule has 0 aliphatic rings. The highest BCUT2D eigenvalue weighted by molar-refractivity contribution is 5.89. The molecule has 0 aliphatic carbocycles. The number of carbonyl (C=O) groups excluding carboxylic acids is 1. The first-order chi connectivity index (χ1) is 7.86. The summed E-state index contributed by atoms with van der Waals surface area (Å²) >= 11 is 0. The number of carbonyl (C=O) groups is 3. The fourth-order valence-electron chi connectivity index (χ4n) is 0.358. The third-order valence-electron chi connectivity index (χ3n) is 0.774. The lowest BCUT2D eigenvalue weighted by atomic mass is 10.5. The zero-order valence-electron chi connectivity index (χ0n) is 8.61. The van der Waals surface area contributed by atoms with Gasteiger partial charge in [0.2, 0.25) is 0 Å². The number of carboxylic acids is 2. The van der Waals surface area contributed by atoms with E-state index in [0.29, 0.717) is 12.2 Å². The van der Waals surface area contributed by atoms with Gasteiger partial charge in [-0.3, -0.25) is 0 Å². The fourth-order valence-corrected chi connectivity index (χ4v) is 0.358. The zero-order valence-corrected chi connectivity index (χ0v) is 8.61. The molecule has 17 heavy (non-hydrogen) atoms. The van der Waals surface area contributed by atoms with Gasteiger partial charge in [-0.05, 0) is 0 Å². The SMILES string of the molecule is NC(N)=O.O=C(O)/C=C\C(=O)O.c1c[nH]cn1. The molecule has 2 amide bonds. The van der Waals surface area contributed by atoms with Crippen molar-refractivity contribution < 1.29 is 24.6 Å². The van der Waals surface area contributed by atoms with Crippen LogP contribution in [0.2, 0.25) is 0 Å². The van der Waals surface area contributed by atoms with E-state index >= 15 is 0 Å². The molecule has 1 aromatic heterocycles. The summed E-state index contributed by atoms with van der Waals surface area (Å²) in [6.07, 6.45) is 6.20. The molecule has 1 rings (SSSR count). The maximum atomic E-state index is 9.55. The minimum Gasteiger partial charge on any atom is -0.478 e. The van der Waals surface area contributed by atoms with Crippen LogP contribution in [0.5, 0.6) is 0 Å². The smallest absolute Gasteiger partial charge is 0.328 e. The molecule has 7 N–H and O–H groups in total. The first kappa shape index (κ1) is 16.6. The van der Waals surface area contributed by atoms with E-state index in [1.54, 1.807) is 18.7 Å². The topological polar surface area (TPSA) is 172 Å². The van der Waals surface area contributed by atoms with Crippen LogP contribution in [0.4, 0.5) is 4.79 Å². The van der Waals surface area contributed by atoms with Gasteiger partial charge < -0.3 is 26.7 Å². The van der Waals surface area contributed by atoms with Crippen LogP contribution < -0.4 is 11.5 Å². The third kappa shape index (κ3) is 32.0. The van der Waals surface area contributed by atoms with Gasteiger partial charge in [-0.25, -0.2) is 19.4 Å². The summed E-state index contributed by atoms with van der Waals surface area (Å²) in [6, 6.07) is -0.833. The standard InChI is InChI=1S/C4H4O4.C3H4N2.CH4N2O/c5-3(6)1-2-4(7)8;1-2-5-3-4-1;2-1(3)4/h1-2H,(H,5,6)(H,7,8);1-3H,(H,4,5);(H4,2,3,4)/b2-1-;;. The number of hydrogen-bond donors (Lipinski definition) is 5. The number of imidazole rings is 1. The fraction of sp³-hybridized carbons (Fsp3) is 0. The molecule has 0 aromatic carbocycles. The Morgan fingerprint density at radius 2 is 1.53 bits per heavy atom. The van der Waals surface area contributed by atoms with Gasteiger partial charge in [0.05, 0.1) is 6.33 Å². The minimum absolute atomic E-state index is 0.558. The van der Waals surface area contributed by atoms with Gasteiger partial charge in [0, 0.05) is 24.5 Å². The third-order valence-corrected chi connectivity index (χ3v) is 0.774. The van der Waals surface area contributed by atoms with Crippen LogP contribution in [0.1, 0.15) is 0 Å². The quantitative estimate of drug-likeness (QED) is 0.423.